The van der Waals surface area contributed by atoms with Crippen molar-refractivity contribution in [1.29, 1.82) is 0 Å². The fourth-order valence-corrected chi connectivity index (χ4v) is 6.25. The van der Waals surface area contributed by atoms with Gasteiger partial charge in [0.15, 0.2) is 0 Å². The molecule has 18 heavy (non-hydrogen) atoms. The Morgan fingerprint density at radius 3 is 1.44 bits per heavy atom. The molecule has 2 N–H and O–H groups in total. The van der Waals surface area contributed by atoms with E-state index in [1.807, 2.05) is 20.8 Å². The highest BCUT2D eigenvalue weighted by Gasteiger charge is 2.58. The minimum atomic E-state index is -2.68. The van der Waals surface area contributed by atoms with Crippen molar-refractivity contribution in [2.45, 2.75) is 58.9 Å². The molecule has 0 rings (SSSR count). The fourth-order valence-electron chi connectivity index (χ4n) is 2.62. The first kappa shape index (κ1) is 18.1. The summed E-state index contributed by atoms with van der Waals surface area (Å²) < 4.78 is 18.1. The van der Waals surface area contributed by atoms with Crippen molar-refractivity contribution in [1.82, 2.24) is 0 Å². The van der Waals surface area contributed by atoms with Gasteiger partial charge in [0.25, 0.3) is 0 Å². The van der Waals surface area contributed by atoms with Crippen molar-refractivity contribution in [3.8, 4) is 0 Å². The van der Waals surface area contributed by atoms with Crippen molar-refractivity contribution in [2.24, 2.45) is 5.73 Å². The summed E-state index contributed by atoms with van der Waals surface area (Å²) in [5, 5.41) is -0.0518. The van der Waals surface area contributed by atoms with Crippen molar-refractivity contribution in [2.75, 3.05) is 26.4 Å². The smallest absolute Gasteiger partial charge is 0.373 e. The summed E-state index contributed by atoms with van der Waals surface area (Å²) in [5.41, 5.74) is 5.81. The summed E-state index contributed by atoms with van der Waals surface area (Å²) >= 11 is 0. The van der Waals surface area contributed by atoms with Crippen LogP contribution in [0.1, 0.15) is 53.9 Å². The van der Waals surface area contributed by atoms with Crippen molar-refractivity contribution in [3.05, 3.63) is 0 Å². The average molecular weight is 277 g/mol. The Labute approximate surface area is 114 Å². The summed E-state index contributed by atoms with van der Waals surface area (Å²) in [6.07, 6.45) is 2.85. The van der Waals surface area contributed by atoms with Gasteiger partial charge in [0.1, 0.15) is 0 Å². The maximum atomic E-state index is 6.05. The van der Waals surface area contributed by atoms with E-state index in [9.17, 15) is 0 Å². The molecule has 0 aliphatic rings. The topological polar surface area (TPSA) is 53.7 Å². The van der Waals surface area contributed by atoms with Crippen LogP contribution in [-0.2, 0) is 13.3 Å². The molecule has 0 aromatic heterocycles. The second-order valence-corrected chi connectivity index (χ2v) is 7.42. The molecule has 0 bridgehead atoms. The second-order valence-electron chi connectivity index (χ2n) is 4.38. The normalized spacial score (nSPS) is 13.0. The molecule has 0 radical (unpaired) electrons. The number of rotatable bonds is 11. The highest BCUT2D eigenvalue weighted by Crippen LogP contribution is 2.49. The van der Waals surface area contributed by atoms with E-state index in [4.69, 9.17) is 19.0 Å². The molecular formula is C13H31NO3Si. The zero-order chi connectivity index (χ0) is 14.1. The van der Waals surface area contributed by atoms with Gasteiger partial charge < -0.3 is 19.0 Å². The number of hydrogen-bond acceptors (Lipinski definition) is 4. The first-order valence-electron chi connectivity index (χ1n) is 7.23. The summed E-state index contributed by atoms with van der Waals surface area (Å²) in [4.78, 5) is 0. The van der Waals surface area contributed by atoms with Crippen LogP contribution in [0.2, 0.25) is 5.04 Å². The summed E-state index contributed by atoms with van der Waals surface area (Å²) in [6.45, 7) is 12.9. The van der Waals surface area contributed by atoms with Gasteiger partial charge in [-0.15, -0.1) is 0 Å². The third kappa shape index (κ3) is 3.77. The molecular weight excluding hydrogens is 246 g/mol. The quantitative estimate of drug-likeness (QED) is 0.590. The molecule has 0 aliphatic heterocycles. The van der Waals surface area contributed by atoms with Gasteiger partial charge in [0, 0.05) is 24.9 Å². The Bertz CT molecular complexity index is 193. The van der Waals surface area contributed by atoms with E-state index in [1.54, 1.807) is 0 Å². The Kier molecular flexibility index (Phi) is 9.07. The van der Waals surface area contributed by atoms with Gasteiger partial charge >= 0.3 is 8.80 Å². The van der Waals surface area contributed by atoms with E-state index in [2.05, 4.69) is 13.8 Å². The Morgan fingerprint density at radius 2 is 1.22 bits per heavy atom. The van der Waals surface area contributed by atoms with Crippen molar-refractivity contribution in [3.63, 3.8) is 0 Å². The Hall–Kier alpha value is 0.0569. The molecule has 0 aromatic carbocycles. The molecule has 0 aromatic rings. The minimum absolute atomic E-state index is 0.0518. The van der Waals surface area contributed by atoms with Gasteiger partial charge in [0.2, 0.25) is 0 Å². The maximum Gasteiger partial charge on any atom is 0.507 e. The zero-order valence-corrected chi connectivity index (χ0v) is 13.8. The monoisotopic (exact) mass is 277 g/mol. The molecule has 0 unspecified atom stereocenters. The van der Waals surface area contributed by atoms with Crippen LogP contribution in [0.4, 0.5) is 0 Å². The molecule has 0 amide bonds. The van der Waals surface area contributed by atoms with E-state index >= 15 is 0 Å². The highest BCUT2D eigenvalue weighted by molar-refractivity contribution is 6.64. The van der Waals surface area contributed by atoms with Crippen LogP contribution in [0.5, 0.6) is 0 Å². The van der Waals surface area contributed by atoms with Crippen LogP contribution in [0.15, 0.2) is 0 Å². The largest absolute Gasteiger partial charge is 0.507 e. The van der Waals surface area contributed by atoms with Crippen LogP contribution in [0.3, 0.4) is 0 Å². The van der Waals surface area contributed by atoms with Crippen molar-refractivity contribution < 1.29 is 13.3 Å². The zero-order valence-electron chi connectivity index (χ0n) is 12.8. The SMILES string of the molecule is CCO[Si](OCC)(OCC)C(CC)(CC)CCN. The molecule has 0 fully saturated rings. The molecule has 0 atom stereocenters. The molecule has 0 heterocycles. The van der Waals surface area contributed by atoms with Crippen LogP contribution >= 0.6 is 0 Å². The average Bonchev–Trinajstić information content (AvgIpc) is 2.37. The first-order chi connectivity index (χ1) is 8.61. The highest BCUT2D eigenvalue weighted by atomic mass is 28.4. The third-order valence-corrected chi connectivity index (χ3v) is 7.89. The lowest BCUT2D eigenvalue weighted by molar-refractivity contribution is 0.0385. The van der Waals surface area contributed by atoms with Crippen molar-refractivity contribution >= 4 is 8.80 Å². The third-order valence-electron chi connectivity index (χ3n) is 3.63. The predicted octanol–water partition coefficient (Wildman–Crippen LogP) is 2.94. The molecule has 0 saturated heterocycles. The summed E-state index contributed by atoms with van der Waals surface area (Å²) in [5.74, 6) is 0. The molecule has 4 nitrogen and oxygen atoms in total. The van der Waals surface area contributed by atoms with Gasteiger partial charge in [-0.05, 0) is 46.6 Å². The van der Waals surface area contributed by atoms with E-state index < -0.39 is 8.80 Å². The van der Waals surface area contributed by atoms with Crippen LogP contribution in [0, 0.1) is 0 Å². The Morgan fingerprint density at radius 1 is 0.833 bits per heavy atom. The van der Waals surface area contributed by atoms with E-state index in [1.165, 1.54) is 0 Å². The molecule has 5 heteroatoms. The minimum Gasteiger partial charge on any atom is -0.373 e. The fraction of sp³-hybridized carbons (Fsp3) is 1.00. The maximum absolute atomic E-state index is 6.05. The standard InChI is InChI=1S/C13H31NO3Si/c1-6-13(7-2,11-12-14)18(15-8-3,16-9-4)17-10-5/h6-12,14H2,1-5H3. The molecule has 110 valence electrons. The summed E-state index contributed by atoms with van der Waals surface area (Å²) in [6, 6.07) is 0. The van der Waals surface area contributed by atoms with E-state index in [0.717, 1.165) is 19.3 Å². The van der Waals surface area contributed by atoms with E-state index in [0.29, 0.717) is 26.4 Å². The Balaban J connectivity index is 5.40. The lowest BCUT2D eigenvalue weighted by atomic mass is 9.98. The van der Waals surface area contributed by atoms with Gasteiger partial charge in [-0.3, -0.25) is 0 Å². The first-order valence-corrected chi connectivity index (χ1v) is 8.96. The van der Waals surface area contributed by atoms with Crippen LogP contribution < -0.4 is 5.73 Å². The van der Waals surface area contributed by atoms with Crippen LogP contribution in [-0.4, -0.2) is 35.2 Å². The van der Waals surface area contributed by atoms with Gasteiger partial charge in [-0.1, -0.05) is 13.8 Å². The van der Waals surface area contributed by atoms with Crippen LogP contribution in [0.25, 0.3) is 0 Å². The summed E-state index contributed by atoms with van der Waals surface area (Å²) in [7, 11) is -2.68. The molecule has 0 spiro atoms. The molecule has 0 aliphatic carbocycles. The number of nitrogens with two attached hydrogens (primary N) is 1. The van der Waals surface area contributed by atoms with Gasteiger partial charge in [-0.2, -0.15) is 0 Å². The van der Waals surface area contributed by atoms with E-state index in [-0.39, 0.29) is 5.04 Å². The predicted molar refractivity (Wildman–Crippen MR) is 77.6 cm³/mol. The van der Waals surface area contributed by atoms with Gasteiger partial charge in [-0.25, -0.2) is 0 Å². The molecule has 0 saturated carbocycles. The lowest BCUT2D eigenvalue weighted by Gasteiger charge is -2.44. The second kappa shape index (κ2) is 9.04. The number of hydrogen-bond donors (Lipinski definition) is 1. The van der Waals surface area contributed by atoms with Gasteiger partial charge in [0.05, 0.1) is 0 Å². The lowest BCUT2D eigenvalue weighted by Crippen LogP contribution is -2.57.